The van der Waals surface area contributed by atoms with Crippen LogP contribution in [0.3, 0.4) is 0 Å². The number of carbonyl (C=O) groups is 1. The lowest BCUT2D eigenvalue weighted by molar-refractivity contribution is -0.133. The van der Waals surface area contributed by atoms with Gasteiger partial charge in [0.2, 0.25) is 0 Å². The van der Waals surface area contributed by atoms with Crippen molar-refractivity contribution in [3.05, 3.63) is 96.0 Å². The van der Waals surface area contributed by atoms with E-state index in [-0.39, 0.29) is 12.5 Å². The van der Waals surface area contributed by atoms with E-state index in [1.165, 1.54) is 0 Å². The zero-order valence-electron chi connectivity index (χ0n) is 19.2. The average molecular weight is 485 g/mol. The molecule has 1 aromatic heterocycles. The molecule has 3 aromatic carbocycles. The molecule has 6 nitrogen and oxygen atoms in total. The van der Waals surface area contributed by atoms with Gasteiger partial charge >= 0.3 is 0 Å². The summed E-state index contributed by atoms with van der Waals surface area (Å²) in [5, 5.41) is 9.46. The number of halogens is 1. The van der Waals surface area contributed by atoms with Gasteiger partial charge in [0, 0.05) is 42.3 Å². The summed E-state index contributed by atoms with van der Waals surface area (Å²) >= 11 is 5.96. The summed E-state index contributed by atoms with van der Waals surface area (Å²) in [7, 11) is 0. The van der Waals surface area contributed by atoms with Gasteiger partial charge in [0.25, 0.3) is 5.91 Å². The highest BCUT2D eigenvalue weighted by atomic mass is 35.5. The van der Waals surface area contributed by atoms with E-state index in [0.29, 0.717) is 37.0 Å². The molecule has 4 aromatic rings. The number of hydrogen-bond donors (Lipinski definition) is 0. The number of piperazine rings is 1. The van der Waals surface area contributed by atoms with Crippen LogP contribution in [0.2, 0.25) is 5.02 Å². The van der Waals surface area contributed by atoms with Crippen LogP contribution in [0.4, 0.5) is 5.82 Å². The van der Waals surface area contributed by atoms with Crippen LogP contribution in [-0.2, 0) is 4.79 Å². The van der Waals surface area contributed by atoms with Gasteiger partial charge in [0.05, 0.1) is 5.69 Å². The molecule has 1 aliphatic rings. The Balaban J connectivity index is 1.15. The predicted octanol–water partition coefficient (Wildman–Crippen LogP) is 5.19. The van der Waals surface area contributed by atoms with Crippen molar-refractivity contribution in [2.24, 2.45) is 0 Å². The Morgan fingerprint density at radius 3 is 2.20 bits per heavy atom. The van der Waals surface area contributed by atoms with Crippen molar-refractivity contribution < 1.29 is 9.53 Å². The predicted molar refractivity (Wildman–Crippen MR) is 139 cm³/mol. The molecule has 0 radical (unpaired) electrons. The molecule has 0 bridgehead atoms. The fraction of sp³-hybridized carbons (Fsp3) is 0.179. The number of ether oxygens (including phenoxy) is 1. The number of para-hydroxylation sites is 1. The summed E-state index contributed by atoms with van der Waals surface area (Å²) in [6.45, 7) is 2.63. The van der Waals surface area contributed by atoms with Gasteiger partial charge in [-0.25, -0.2) is 0 Å². The van der Waals surface area contributed by atoms with Crippen LogP contribution in [0, 0.1) is 0 Å². The number of nitrogens with zero attached hydrogens (tertiary/aromatic N) is 4. The van der Waals surface area contributed by atoms with Crippen LogP contribution in [0.15, 0.2) is 91.0 Å². The quantitative estimate of drug-likeness (QED) is 0.377. The van der Waals surface area contributed by atoms with Crippen LogP contribution in [-0.4, -0.2) is 53.8 Å². The van der Waals surface area contributed by atoms with E-state index >= 15 is 0 Å². The average Bonchev–Trinajstić information content (AvgIpc) is 2.93. The lowest BCUT2D eigenvalue weighted by Gasteiger charge is -2.35. The Kier molecular flexibility index (Phi) is 6.91. The van der Waals surface area contributed by atoms with Crippen molar-refractivity contribution in [3.8, 4) is 28.1 Å². The van der Waals surface area contributed by atoms with E-state index in [2.05, 4.69) is 15.1 Å². The maximum absolute atomic E-state index is 12.8. The van der Waals surface area contributed by atoms with Gasteiger partial charge in [-0.05, 0) is 35.9 Å². The minimum absolute atomic E-state index is 0.0133. The summed E-state index contributed by atoms with van der Waals surface area (Å²) < 4.78 is 5.95. The first kappa shape index (κ1) is 22.9. The zero-order chi connectivity index (χ0) is 24.0. The fourth-order valence-corrected chi connectivity index (χ4v) is 4.26. The maximum Gasteiger partial charge on any atom is 0.260 e. The van der Waals surface area contributed by atoms with Gasteiger partial charge in [-0.3, -0.25) is 4.79 Å². The largest absolute Gasteiger partial charge is 0.483 e. The van der Waals surface area contributed by atoms with E-state index < -0.39 is 0 Å². The molecule has 1 amide bonds. The van der Waals surface area contributed by atoms with Gasteiger partial charge < -0.3 is 14.5 Å². The third-order valence-electron chi connectivity index (χ3n) is 6.07. The Bertz CT molecular complexity index is 1270. The minimum Gasteiger partial charge on any atom is -0.483 e. The molecule has 0 N–H and O–H groups in total. The Hall–Kier alpha value is -3.90. The van der Waals surface area contributed by atoms with Crippen molar-refractivity contribution >= 4 is 23.3 Å². The first-order chi connectivity index (χ1) is 17.2. The van der Waals surface area contributed by atoms with Gasteiger partial charge in [-0.15, -0.1) is 10.2 Å². The van der Waals surface area contributed by atoms with Crippen LogP contribution >= 0.6 is 11.6 Å². The Labute approximate surface area is 209 Å². The number of amides is 1. The normalized spacial score (nSPS) is 13.5. The molecule has 0 aliphatic carbocycles. The van der Waals surface area contributed by atoms with Gasteiger partial charge in [0.15, 0.2) is 12.4 Å². The number of anilines is 1. The topological polar surface area (TPSA) is 58.6 Å². The first-order valence-corrected chi connectivity index (χ1v) is 11.9. The Morgan fingerprint density at radius 2 is 1.49 bits per heavy atom. The number of carbonyl (C=O) groups excluding carboxylic acids is 1. The van der Waals surface area contributed by atoms with Crippen molar-refractivity contribution in [2.45, 2.75) is 0 Å². The summed E-state index contributed by atoms with van der Waals surface area (Å²) in [6.07, 6.45) is 0. The second-order valence-corrected chi connectivity index (χ2v) is 8.74. The van der Waals surface area contributed by atoms with E-state index in [4.69, 9.17) is 16.3 Å². The van der Waals surface area contributed by atoms with E-state index in [9.17, 15) is 4.79 Å². The summed E-state index contributed by atoms with van der Waals surface area (Å²) in [5.74, 6) is 1.50. The second-order valence-electron chi connectivity index (χ2n) is 8.30. The highest BCUT2D eigenvalue weighted by Gasteiger charge is 2.23. The SMILES string of the molecule is O=C(COc1ccccc1-c1ccccc1)N1CCN(c2ccc(-c3ccc(Cl)cc3)nn2)CC1. The number of hydrogen-bond acceptors (Lipinski definition) is 5. The molecule has 1 saturated heterocycles. The molecule has 0 spiro atoms. The molecule has 0 saturated carbocycles. The highest BCUT2D eigenvalue weighted by Crippen LogP contribution is 2.29. The summed E-state index contributed by atoms with van der Waals surface area (Å²) in [6, 6.07) is 29.3. The van der Waals surface area contributed by atoms with Crippen molar-refractivity contribution in [2.75, 3.05) is 37.7 Å². The fourth-order valence-electron chi connectivity index (χ4n) is 4.13. The molecule has 2 heterocycles. The van der Waals surface area contributed by atoms with Crippen LogP contribution in [0.1, 0.15) is 0 Å². The smallest absolute Gasteiger partial charge is 0.260 e. The molecule has 5 rings (SSSR count). The number of aromatic nitrogens is 2. The first-order valence-electron chi connectivity index (χ1n) is 11.6. The van der Waals surface area contributed by atoms with Crippen LogP contribution in [0.25, 0.3) is 22.4 Å². The van der Waals surface area contributed by atoms with Crippen LogP contribution < -0.4 is 9.64 Å². The standard InChI is InChI=1S/C28H25ClN4O2/c29-23-12-10-22(11-13-23)25-14-15-27(31-30-25)32-16-18-33(19-17-32)28(34)20-35-26-9-5-4-8-24(26)21-6-2-1-3-7-21/h1-15H,16-20H2. The molecule has 1 aliphatic heterocycles. The third-order valence-corrected chi connectivity index (χ3v) is 6.32. The second kappa shape index (κ2) is 10.6. The van der Waals surface area contributed by atoms with Crippen LogP contribution in [0.5, 0.6) is 5.75 Å². The minimum atomic E-state index is -0.0170. The third kappa shape index (κ3) is 5.44. The van der Waals surface area contributed by atoms with E-state index in [1.807, 2.05) is 95.9 Å². The lowest BCUT2D eigenvalue weighted by atomic mass is 10.1. The molecular weight excluding hydrogens is 460 g/mol. The molecular formula is C28H25ClN4O2. The molecule has 176 valence electrons. The van der Waals surface area contributed by atoms with Gasteiger partial charge in [-0.2, -0.15) is 0 Å². The Morgan fingerprint density at radius 1 is 0.771 bits per heavy atom. The summed E-state index contributed by atoms with van der Waals surface area (Å²) in [5.41, 5.74) is 3.81. The molecule has 0 atom stereocenters. The van der Waals surface area contributed by atoms with Crippen molar-refractivity contribution in [1.82, 2.24) is 15.1 Å². The monoisotopic (exact) mass is 484 g/mol. The molecule has 35 heavy (non-hydrogen) atoms. The highest BCUT2D eigenvalue weighted by molar-refractivity contribution is 6.30. The van der Waals surface area contributed by atoms with Gasteiger partial charge in [0.1, 0.15) is 5.75 Å². The summed E-state index contributed by atoms with van der Waals surface area (Å²) in [4.78, 5) is 16.8. The lowest BCUT2D eigenvalue weighted by Crippen LogP contribution is -2.50. The van der Waals surface area contributed by atoms with Crippen molar-refractivity contribution in [3.63, 3.8) is 0 Å². The zero-order valence-corrected chi connectivity index (χ0v) is 19.9. The van der Waals surface area contributed by atoms with Crippen molar-refractivity contribution in [1.29, 1.82) is 0 Å². The number of rotatable bonds is 6. The van der Waals surface area contributed by atoms with E-state index in [0.717, 1.165) is 28.2 Å². The maximum atomic E-state index is 12.8. The number of benzene rings is 3. The molecule has 0 unspecified atom stereocenters. The molecule has 7 heteroatoms. The van der Waals surface area contributed by atoms with E-state index in [1.54, 1.807) is 0 Å². The molecule has 1 fully saturated rings. The van der Waals surface area contributed by atoms with Gasteiger partial charge in [-0.1, -0.05) is 72.3 Å².